The minimum Gasteiger partial charge on any atom is -0.352 e. The molecule has 0 saturated carbocycles. The first kappa shape index (κ1) is 25.4. The Labute approximate surface area is 202 Å². The predicted molar refractivity (Wildman–Crippen MR) is 118 cm³/mol. The number of alkyl halides is 5. The van der Waals surface area contributed by atoms with Crippen molar-refractivity contribution < 1.29 is 26.7 Å². The van der Waals surface area contributed by atoms with E-state index in [0.717, 1.165) is 4.90 Å². The van der Waals surface area contributed by atoms with E-state index in [-0.39, 0.29) is 29.7 Å². The molecular weight excluding hydrogens is 487 g/mol. The zero-order valence-electron chi connectivity index (χ0n) is 19.6. The molecule has 0 aromatic carbocycles. The number of amides is 1. The molecule has 3 aromatic heterocycles. The molecule has 2 atom stereocenters. The summed E-state index contributed by atoms with van der Waals surface area (Å²) in [7, 11) is 1.67. The van der Waals surface area contributed by atoms with Crippen LogP contribution in [0.4, 0.5) is 27.9 Å². The maximum atomic E-state index is 14.6. The third-order valence-electron chi connectivity index (χ3n) is 6.09. The van der Waals surface area contributed by atoms with Gasteiger partial charge in [0, 0.05) is 44.8 Å². The molecule has 2 unspecified atom stereocenters. The summed E-state index contributed by atoms with van der Waals surface area (Å²) in [6, 6.07) is 0.862. The molecule has 0 bridgehead atoms. The number of likely N-dealkylation sites (tertiary alicyclic amines) is 1. The van der Waals surface area contributed by atoms with Gasteiger partial charge in [-0.15, -0.1) is 0 Å². The van der Waals surface area contributed by atoms with E-state index in [2.05, 4.69) is 30.2 Å². The lowest BCUT2D eigenvalue weighted by Crippen LogP contribution is -2.57. The first-order valence-corrected chi connectivity index (χ1v) is 11.0. The number of hydrogen-bond donors (Lipinski definition) is 1. The van der Waals surface area contributed by atoms with Crippen molar-refractivity contribution in [1.29, 1.82) is 0 Å². The summed E-state index contributed by atoms with van der Waals surface area (Å²) in [5.74, 6) is -3.96. The lowest BCUT2D eigenvalue weighted by atomic mass is 9.88. The van der Waals surface area contributed by atoms with Gasteiger partial charge in [0.2, 0.25) is 5.95 Å². The molecule has 1 fully saturated rings. The van der Waals surface area contributed by atoms with Crippen molar-refractivity contribution in [2.24, 2.45) is 13.0 Å². The first-order chi connectivity index (χ1) is 16.9. The van der Waals surface area contributed by atoms with E-state index >= 15 is 0 Å². The van der Waals surface area contributed by atoms with Crippen LogP contribution in [-0.2, 0) is 13.2 Å². The third kappa shape index (κ3) is 5.11. The second-order valence-corrected chi connectivity index (χ2v) is 8.70. The molecule has 1 aliphatic rings. The second kappa shape index (κ2) is 9.39. The Kier molecular flexibility index (Phi) is 6.62. The van der Waals surface area contributed by atoms with Crippen LogP contribution in [0.1, 0.15) is 35.2 Å². The van der Waals surface area contributed by atoms with Gasteiger partial charge in [0.05, 0.1) is 18.2 Å². The Bertz CT molecular complexity index is 1230. The van der Waals surface area contributed by atoms with Crippen LogP contribution in [0.25, 0.3) is 11.5 Å². The zero-order valence-corrected chi connectivity index (χ0v) is 19.6. The number of hydrogen-bond acceptors (Lipinski definition) is 7. The molecule has 0 aliphatic carbocycles. The predicted octanol–water partition coefficient (Wildman–Crippen LogP) is 3.59. The van der Waals surface area contributed by atoms with Crippen LogP contribution in [0.15, 0.2) is 30.9 Å². The van der Waals surface area contributed by atoms with Gasteiger partial charge in [-0.1, -0.05) is 6.92 Å². The number of anilines is 1. The van der Waals surface area contributed by atoms with E-state index in [1.54, 1.807) is 31.5 Å². The Balaban J connectivity index is 1.63. The molecule has 4 heterocycles. The number of carbonyl (C=O) groups excluding carboxylic acids is 1. The van der Waals surface area contributed by atoms with Crippen LogP contribution >= 0.6 is 0 Å². The number of nitrogens with zero attached hydrogens (tertiary/aromatic N) is 7. The van der Waals surface area contributed by atoms with Crippen molar-refractivity contribution >= 4 is 11.9 Å². The number of aromatic nitrogens is 6. The fourth-order valence-corrected chi connectivity index (χ4v) is 4.21. The van der Waals surface area contributed by atoms with Crippen molar-refractivity contribution in [2.75, 3.05) is 18.4 Å². The Morgan fingerprint density at radius 2 is 1.81 bits per heavy atom. The first-order valence-electron chi connectivity index (χ1n) is 11.0. The average Bonchev–Trinajstić information content (AvgIpc) is 3.11. The standard InChI is InChI=1S/C22H23F5N8O/c1-12-7-21(23,24)11-35(15(12)10-32-20-30-8-14(9-31-20)22(25,26)27)19(36)16-17(34(3)13(2)33-16)18-28-5-4-6-29-18/h4-6,8-9,12,15H,7,10-11H2,1-3H3,(H,30,31,32). The van der Waals surface area contributed by atoms with Crippen molar-refractivity contribution in [1.82, 2.24) is 34.4 Å². The van der Waals surface area contributed by atoms with Crippen LogP contribution in [0, 0.1) is 12.8 Å². The summed E-state index contributed by atoms with van der Waals surface area (Å²) in [6.07, 6.45) is -0.822. The Hall–Kier alpha value is -3.71. The largest absolute Gasteiger partial charge is 0.419 e. The van der Waals surface area contributed by atoms with Crippen LogP contribution in [0.5, 0.6) is 0 Å². The maximum absolute atomic E-state index is 14.6. The minimum atomic E-state index is -4.59. The summed E-state index contributed by atoms with van der Waals surface area (Å²) >= 11 is 0. The number of imidazole rings is 1. The van der Waals surface area contributed by atoms with Gasteiger partial charge in [0.15, 0.2) is 11.5 Å². The molecule has 1 saturated heterocycles. The lowest BCUT2D eigenvalue weighted by Gasteiger charge is -2.43. The topological polar surface area (TPSA) is 102 Å². The summed E-state index contributed by atoms with van der Waals surface area (Å²) in [5, 5.41) is 2.77. The highest BCUT2D eigenvalue weighted by molar-refractivity contribution is 5.98. The highest BCUT2D eigenvalue weighted by Crippen LogP contribution is 2.36. The van der Waals surface area contributed by atoms with Gasteiger partial charge in [-0.3, -0.25) is 4.79 Å². The van der Waals surface area contributed by atoms with Crippen molar-refractivity contribution in [3.8, 4) is 11.5 Å². The van der Waals surface area contributed by atoms with Gasteiger partial charge >= 0.3 is 6.18 Å². The molecule has 0 radical (unpaired) electrons. The molecule has 1 N–H and O–H groups in total. The summed E-state index contributed by atoms with van der Waals surface area (Å²) in [5.41, 5.74) is -0.795. The molecule has 4 rings (SSSR count). The fourth-order valence-electron chi connectivity index (χ4n) is 4.21. The van der Waals surface area contributed by atoms with Crippen LogP contribution in [0.2, 0.25) is 0 Å². The third-order valence-corrected chi connectivity index (χ3v) is 6.09. The highest BCUT2D eigenvalue weighted by Gasteiger charge is 2.47. The molecule has 3 aromatic rings. The van der Waals surface area contributed by atoms with Crippen LogP contribution in [-0.4, -0.2) is 65.3 Å². The van der Waals surface area contributed by atoms with Gasteiger partial charge in [-0.2, -0.15) is 13.2 Å². The van der Waals surface area contributed by atoms with E-state index in [0.29, 0.717) is 18.2 Å². The number of aryl methyl sites for hydroxylation is 1. The number of carbonyl (C=O) groups is 1. The normalized spacial score (nSPS) is 19.8. The van der Waals surface area contributed by atoms with Crippen LogP contribution < -0.4 is 5.32 Å². The molecule has 14 heteroatoms. The van der Waals surface area contributed by atoms with Gasteiger partial charge < -0.3 is 14.8 Å². The van der Waals surface area contributed by atoms with Crippen molar-refractivity contribution in [2.45, 2.75) is 38.4 Å². The molecule has 1 amide bonds. The summed E-state index contributed by atoms with van der Waals surface area (Å²) in [6.45, 7) is 2.34. The van der Waals surface area contributed by atoms with Crippen molar-refractivity contribution in [3.63, 3.8) is 0 Å². The molecule has 36 heavy (non-hydrogen) atoms. The van der Waals surface area contributed by atoms with Gasteiger partial charge in [-0.05, 0) is 18.9 Å². The number of piperidine rings is 1. The second-order valence-electron chi connectivity index (χ2n) is 8.70. The molecule has 1 aliphatic heterocycles. The minimum absolute atomic E-state index is 0.0582. The number of halogens is 5. The van der Waals surface area contributed by atoms with Gasteiger partial charge in [0.25, 0.3) is 11.8 Å². The summed E-state index contributed by atoms with van der Waals surface area (Å²) < 4.78 is 69.1. The van der Waals surface area contributed by atoms with E-state index in [9.17, 15) is 26.7 Å². The Morgan fingerprint density at radius 1 is 1.17 bits per heavy atom. The zero-order chi connectivity index (χ0) is 26.3. The van der Waals surface area contributed by atoms with E-state index < -0.39 is 48.5 Å². The average molecular weight is 510 g/mol. The lowest BCUT2D eigenvalue weighted by molar-refractivity contribution is -0.138. The Morgan fingerprint density at radius 3 is 2.42 bits per heavy atom. The molecule has 9 nitrogen and oxygen atoms in total. The molecule has 192 valence electrons. The molecular formula is C22H23F5N8O. The fraction of sp³-hybridized carbons (Fsp3) is 0.455. The van der Waals surface area contributed by atoms with Gasteiger partial charge in [-0.25, -0.2) is 33.7 Å². The SMILES string of the molecule is Cc1nc(C(=O)N2CC(F)(F)CC(C)C2CNc2ncc(C(F)(F)F)cn2)c(-c2ncccn2)n1C. The monoisotopic (exact) mass is 510 g/mol. The maximum Gasteiger partial charge on any atom is 0.419 e. The van der Waals surface area contributed by atoms with Crippen molar-refractivity contribution in [3.05, 3.63) is 47.9 Å². The summed E-state index contributed by atoms with van der Waals surface area (Å²) in [4.78, 5) is 34.7. The number of nitrogens with one attached hydrogen (secondary N) is 1. The van der Waals surface area contributed by atoms with Gasteiger partial charge in [0.1, 0.15) is 11.5 Å². The van der Waals surface area contributed by atoms with E-state index in [1.807, 2.05) is 0 Å². The molecule has 0 spiro atoms. The number of rotatable bonds is 5. The highest BCUT2D eigenvalue weighted by atomic mass is 19.4. The van der Waals surface area contributed by atoms with E-state index in [4.69, 9.17) is 0 Å². The van der Waals surface area contributed by atoms with E-state index in [1.165, 1.54) is 12.4 Å². The quantitative estimate of drug-likeness (QED) is 0.524. The smallest absolute Gasteiger partial charge is 0.352 e. The van der Waals surface area contributed by atoms with Crippen LogP contribution in [0.3, 0.4) is 0 Å².